The van der Waals surface area contributed by atoms with Gasteiger partial charge in [-0.3, -0.25) is 4.79 Å². The number of hydrogen-bond donors (Lipinski definition) is 2. The van der Waals surface area contributed by atoms with Crippen LogP contribution in [0.25, 0.3) is 0 Å². The maximum absolute atomic E-state index is 11.7. The van der Waals surface area contributed by atoms with Crippen molar-refractivity contribution in [1.82, 2.24) is 15.5 Å². The van der Waals surface area contributed by atoms with Crippen LogP contribution < -0.4 is 10.6 Å². The van der Waals surface area contributed by atoms with Crippen LogP contribution in [0.5, 0.6) is 0 Å². The molecule has 0 aromatic carbocycles. The van der Waals surface area contributed by atoms with Gasteiger partial charge in [0.25, 0.3) is 0 Å². The van der Waals surface area contributed by atoms with Gasteiger partial charge in [-0.15, -0.1) is 0 Å². The molecule has 3 amide bonds. The lowest BCUT2D eigenvalue weighted by Crippen LogP contribution is -2.44. The number of carbonyl (C=O) groups is 2. The van der Waals surface area contributed by atoms with Crippen molar-refractivity contribution >= 4 is 11.9 Å². The molecule has 0 spiro atoms. The highest BCUT2D eigenvalue weighted by atomic mass is 16.2. The molecular weight excluding hydrogens is 242 g/mol. The maximum atomic E-state index is 11.7. The highest BCUT2D eigenvalue weighted by molar-refractivity contribution is 5.78. The minimum absolute atomic E-state index is 0.0968. The average molecular weight is 269 g/mol. The fraction of sp³-hybridized carbons (Fsp3) is 0.857. The lowest BCUT2D eigenvalue weighted by Gasteiger charge is -2.20. The zero-order valence-electron chi connectivity index (χ0n) is 12.4. The van der Waals surface area contributed by atoms with Crippen molar-refractivity contribution in [3.8, 4) is 0 Å². The topological polar surface area (TPSA) is 61.4 Å². The molecule has 2 atom stereocenters. The summed E-state index contributed by atoms with van der Waals surface area (Å²) >= 11 is 0. The highest BCUT2D eigenvalue weighted by Crippen LogP contribution is 2.24. The Bertz CT molecular complexity index is 303. The first kappa shape index (κ1) is 15.8. The Labute approximate surface area is 116 Å². The first-order chi connectivity index (χ1) is 9.08. The third kappa shape index (κ3) is 5.09. The standard InChI is InChI=1S/C14H27N3O2/c1-4-17(5-2)13(18)9-10-15-14(19)16-12-8-6-7-11(12)3/h11-12H,4-10H2,1-3H3,(H2,15,16,19)/t11-,12-/m1/s1. The molecule has 1 fully saturated rings. The van der Waals surface area contributed by atoms with Gasteiger partial charge in [-0.1, -0.05) is 13.3 Å². The quantitative estimate of drug-likeness (QED) is 0.771. The summed E-state index contributed by atoms with van der Waals surface area (Å²) in [6.07, 6.45) is 3.81. The van der Waals surface area contributed by atoms with Crippen LogP contribution in [0.2, 0.25) is 0 Å². The van der Waals surface area contributed by atoms with Gasteiger partial charge in [-0.25, -0.2) is 4.79 Å². The third-order valence-corrected chi connectivity index (χ3v) is 3.92. The number of amides is 3. The van der Waals surface area contributed by atoms with Gasteiger partial charge in [-0.05, 0) is 32.6 Å². The summed E-state index contributed by atoms with van der Waals surface area (Å²) in [7, 11) is 0. The maximum Gasteiger partial charge on any atom is 0.315 e. The molecule has 2 N–H and O–H groups in total. The summed E-state index contributed by atoms with van der Waals surface area (Å²) in [5.41, 5.74) is 0. The molecular formula is C14H27N3O2. The fourth-order valence-corrected chi connectivity index (χ4v) is 2.60. The van der Waals surface area contributed by atoms with Crippen LogP contribution in [-0.2, 0) is 4.79 Å². The van der Waals surface area contributed by atoms with Crippen LogP contribution in [0.15, 0.2) is 0 Å². The summed E-state index contributed by atoms with van der Waals surface area (Å²) in [5, 5.41) is 5.75. The Hall–Kier alpha value is -1.26. The Morgan fingerprint density at radius 3 is 2.42 bits per heavy atom. The van der Waals surface area contributed by atoms with E-state index in [1.807, 2.05) is 13.8 Å². The smallest absolute Gasteiger partial charge is 0.315 e. The molecule has 1 aliphatic carbocycles. The first-order valence-corrected chi connectivity index (χ1v) is 7.40. The summed E-state index contributed by atoms with van der Waals surface area (Å²) in [4.78, 5) is 25.2. The molecule has 0 heterocycles. The molecule has 1 rings (SSSR count). The molecule has 5 nitrogen and oxygen atoms in total. The molecule has 19 heavy (non-hydrogen) atoms. The van der Waals surface area contributed by atoms with Gasteiger partial charge in [0.05, 0.1) is 0 Å². The second-order valence-corrected chi connectivity index (χ2v) is 5.23. The van der Waals surface area contributed by atoms with Gasteiger partial charge in [-0.2, -0.15) is 0 Å². The molecule has 1 saturated carbocycles. The van der Waals surface area contributed by atoms with E-state index in [0.717, 1.165) is 19.5 Å². The second kappa shape index (κ2) is 8.02. The predicted molar refractivity (Wildman–Crippen MR) is 75.9 cm³/mol. The molecule has 0 aromatic heterocycles. The normalized spacial score (nSPS) is 22.1. The van der Waals surface area contributed by atoms with Crippen molar-refractivity contribution in [3.63, 3.8) is 0 Å². The molecule has 5 heteroatoms. The Morgan fingerprint density at radius 2 is 1.89 bits per heavy atom. The number of urea groups is 1. The van der Waals surface area contributed by atoms with E-state index in [-0.39, 0.29) is 11.9 Å². The van der Waals surface area contributed by atoms with Crippen molar-refractivity contribution in [1.29, 1.82) is 0 Å². The van der Waals surface area contributed by atoms with E-state index in [9.17, 15) is 9.59 Å². The summed E-state index contributed by atoms with van der Waals surface area (Å²) in [6.45, 7) is 7.94. The van der Waals surface area contributed by atoms with Crippen LogP contribution in [0.1, 0.15) is 46.5 Å². The van der Waals surface area contributed by atoms with Crippen LogP contribution in [0.3, 0.4) is 0 Å². The van der Waals surface area contributed by atoms with Gasteiger partial charge >= 0.3 is 6.03 Å². The van der Waals surface area contributed by atoms with Gasteiger partial charge in [0.15, 0.2) is 0 Å². The third-order valence-electron chi connectivity index (χ3n) is 3.92. The molecule has 1 aliphatic rings. The fourth-order valence-electron chi connectivity index (χ4n) is 2.60. The summed E-state index contributed by atoms with van der Waals surface area (Å²) < 4.78 is 0. The van der Waals surface area contributed by atoms with Crippen LogP contribution in [-0.4, -0.2) is 42.5 Å². The van der Waals surface area contributed by atoms with E-state index in [1.54, 1.807) is 4.90 Å². The van der Waals surface area contributed by atoms with Gasteiger partial charge < -0.3 is 15.5 Å². The molecule has 0 radical (unpaired) electrons. The van der Waals surface area contributed by atoms with Gasteiger partial charge in [0, 0.05) is 32.1 Å². The van der Waals surface area contributed by atoms with E-state index in [4.69, 9.17) is 0 Å². The minimum atomic E-state index is -0.147. The molecule has 0 aromatic rings. The van der Waals surface area contributed by atoms with Crippen LogP contribution in [0.4, 0.5) is 4.79 Å². The number of nitrogens with zero attached hydrogens (tertiary/aromatic N) is 1. The van der Waals surface area contributed by atoms with Crippen molar-refractivity contribution in [2.45, 2.75) is 52.5 Å². The van der Waals surface area contributed by atoms with Gasteiger partial charge in [0.2, 0.25) is 5.91 Å². The second-order valence-electron chi connectivity index (χ2n) is 5.23. The lowest BCUT2D eigenvalue weighted by atomic mass is 10.1. The van der Waals surface area contributed by atoms with E-state index in [2.05, 4.69) is 17.6 Å². The number of hydrogen-bond acceptors (Lipinski definition) is 2. The van der Waals surface area contributed by atoms with E-state index >= 15 is 0 Å². The zero-order valence-corrected chi connectivity index (χ0v) is 12.4. The van der Waals surface area contributed by atoms with E-state index < -0.39 is 0 Å². The first-order valence-electron chi connectivity index (χ1n) is 7.40. The summed E-state index contributed by atoms with van der Waals surface area (Å²) in [6, 6.07) is 0.143. The van der Waals surface area contributed by atoms with E-state index in [1.165, 1.54) is 12.8 Å². The van der Waals surface area contributed by atoms with Crippen molar-refractivity contribution in [3.05, 3.63) is 0 Å². The van der Waals surface area contributed by atoms with Crippen LogP contribution in [0, 0.1) is 5.92 Å². The SMILES string of the molecule is CCN(CC)C(=O)CCNC(=O)N[C@@H]1CCC[C@H]1C. The van der Waals surface area contributed by atoms with Crippen molar-refractivity contribution in [2.75, 3.05) is 19.6 Å². The molecule has 0 saturated heterocycles. The molecule has 0 unspecified atom stereocenters. The average Bonchev–Trinajstić information content (AvgIpc) is 2.76. The number of carbonyl (C=O) groups excluding carboxylic acids is 2. The highest BCUT2D eigenvalue weighted by Gasteiger charge is 2.24. The minimum Gasteiger partial charge on any atom is -0.343 e. The van der Waals surface area contributed by atoms with Gasteiger partial charge in [0.1, 0.15) is 0 Å². The monoisotopic (exact) mass is 269 g/mol. The molecule has 110 valence electrons. The van der Waals surface area contributed by atoms with Crippen LogP contribution >= 0.6 is 0 Å². The van der Waals surface area contributed by atoms with E-state index in [0.29, 0.717) is 24.9 Å². The van der Waals surface area contributed by atoms with Crippen molar-refractivity contribution < 1.29 is 9.59 Å². The van der Waals surface area contributed by atoms with Crippen molar-refractivity contribution in [2.24, 2.45) is 5.92 Å². The Balaban J connectivity index is 2.18. The number of nitrogens with one attached hydrogen (secondary N) is 2. The predicted octanol–water partition coefficient (Wildman–Crippen LogP) is 1.73. The largest absolute Gasteiger partial charge is 0.343 e. The summed E-state index contributed by atoms with van der Waals surface area (Å²) in [5.74, 6) is 0.655. The molecule has 0 aliphatic heterocycles. The Kier molecular flexibility index (Phi) is 6.67. The number of rotatable bonds is 6. The Morgan fingerprint density at radius 1 is 1.21 bits per heavy atom. The lowest BCUT2D eigenvalue weighted by molar-refractivity contribution is -0.130. The zero-order chi connectivity index (χ0) is 14.3. The molecule has 0 bridgehead atoms.